The van der Waals surface area contributed by atoms with Crippen molar-refractivity contribution in [1.82, 2.24) is 25.2 Å². The number of methoxy groups -OCH3 is 2. The zero-order valence-corrected chi connectivity index (χ0v) is 23.2. The molecular formula is C28H39N7O3. The van der Waals surface area contributed by atoms with Crippen LogP contribution in [0, 0.1) is 0 Å². The standard InChI is InChI=1S/C28H39N7O3/c1-8-35(9-2)13-11-10-12-29-26-30-18-20-16-23(19-14-21(37-6)17-22(15-19)38-7)25(31-24(20)32-26)33-27(36)34-28(3,4)5/h8,14-18H,1,9-13H2,2-7H3,(H3,29,30,31,32,33,34,36). The number of amides is 2. The molecule has 0 atom stereocenters. The molecule has 38 heavy (non-hydrogen) atoms. The van der Waals surface area contributed by atoms with Gasteiger partial charge in [0, 0.05) is 48.4 Å². The van der Waals surface area contributed by atoms with Crippen LogP contribution in [0.1, 0.15) is 40.5 Å². The molecule has 2 amide bonds. The number of ether oxygens (including phenoxy) is 2. The predicted octanol–water partition coefficient (Wildman–Crippen LogP) is 5.29. The van der Waals surface area contributed by atoms with Gasteiger partial charge in [0.2, 0.25) is 5.95 Å². The van der Waals surface area contributed by atoms with Gasteiger partial charge in [-0.2, -0.15) is 4.98 Å². The Morgan fingerprint density at radius 3 is 2.39 bits per heavy atom. The van der Waals surface area contributed by atoms with Crippen molar-refractivity contribution in [2.75, 3.05) is 44.5 Å². The highest BCUT2D eigenvalue weighted by Crippen LogP contribution is 2.35. The van der Waals surface area contributed by atoms with E-state index in [1.165, 1.54) is 0 Å². The van der Waals surface area contributed by atoms with Crippen molar-refractivity contribution in [3.8, 4) is 22.6 Å². The topological polar surface area (TPSA) is 114 Å². The lowest BCUT2D eigenvalue weighted by Crippen LogP contribution is -2.43. The highest BCUT2D eigenvalue weighted by molar-refractivity contribution is 5.96. The average Bonchev–Trinajstić information content (AvgIpc) is 2.88. The van der Waals surface area contributed by atoms with Crippen LogP contribution in [0.2, 0.25) is 0 Å². The second kappa shape index (κ2) is 12.9. The molecule has 10 nitrogen and oxygen atoms in total. The van der Waals surface area contributed by atoms with Crippen molar-refractivity contribution in [2.45, 2.75) is 46.1 Å². The van der Waals surface area contributed by atoms with Crippen molar-refractivity contribution < 1.29 is 14.3 Å². The number of benzene rings is 1. The van der Waals surface area contributed by atoms with Crippen molar-refractivity contribution in [3.05, 3.63) is 43.2 Å². The van der Waals surface area contributed by atoms with Gasteiger partial charge in [0.1, 0.15) is 17.3 Å². The molecule has 2 heterocycles. The molecule has 2 aromatic heterocycles. The number of rotatable bonds is 12. The fourth-order valence-electron chi connectivity index (χ4n) is 3.82. The number of carbonyl (C=O) groups is 1. The molecule has 3 rings (SSSR count). The van der Waals surface area contributed by atoms with Crippen molar-refractivity contribution in [2.24, 2.45) is 0 Å². The number of aromatic nitrogens is 3. The summed E-state index contributed by atoms with van der Waals surface area (Å²) in [6.07, 6.45) is 5.60. The summed E-state index contributed by atoms with van der Waals surface area (Å²) in [6.45, 7) is 14.3. The maximum atomic E-state index is 12.8. The molecule has 10 heteroatoms. The zero-order chi connectivity index (χ0) is 27.7. The molecule has 0 bridgehead atoms. The lowest BCUT2D eigenvalue weighted by atomic mass is 10.0. The van der Waals surface area contributed by atoms with E-state index >= 15 is 0 Å². The van der Waals surface area contributed by atoms with E-state index in [1.807, 2.05) is 45.2 Å². The van der Waals surface area contributed by atoms with Gasteiger partial charge in [0.25, 0.3) is 0 Å². The number of pyridine rings is 1. The van der Waals surface area contributed by atoms with Crippen LogP contribution in [0.25, 0.3) is 22.2 Å². The Hall–Kier alpha value is -4.08. The Bertz CT molecular complexity index is 1230. The molecule has 0 saturated heterocycles. The maximum absolute atomic E-state index is 12.8. The Morgan fingerprint density at radius 2 is 1.79 bits per heavy atom. The summed E-state index contributed by atoms with van der Waals surface area (Å²) in [5, 5.41) is 9.82. The lowest BCUT2D eigenvalue weighted by Gasteiger charge is -2.21. The molecule has 0 aliphatic heterocycles. The molecule has 204 valence electrons. The molecule has 0 aliphatic carbocycles. The van der Waals surface area contributed by atoms with Crippen LogP contribution in [0.3, 0.4) is 0 Å². The minimum Gasteiger partial charge on any atom is -0.497 e. The van der Waals surface area contributed by atoms with Gasteiger partial charge in [-0.05, 0) is 70.5 Å². The number of nitrogens with one attached hydrogen (secondary N) is 3. The second-order valence-electron chi connectivity index (χ2n) is 9.87. The van der Waals surface area contributed by atoms with Gasteiger partial charge >= 0.3 is 6.03 Å². The Kier molecular flexibility index (Phi) is 9.70. The van der Waals surface area contributed by atoms with Crippen LogP contribution in [0.15, 0.2) is 43.2 Å². The molecule has 0 radical (unpaired) electrons. The van der Waals surface area contributed by atoms with Crippen molar-refractivity contribution >= 4 is 28.8 Å². The monoisotopic (exact) mass is 521 g/mol. The molecule has 0 aliphatic rings. The molecule has 1 aromatic carbocycles. The fraction of sp³-hybridized carbons (Fsp3) is 0.429. The van der Waals surface area contributed by atoms with E-state index in [-0.39, 0.29) is 6.03 Å². The van der Waals surface area contributed by atoms with Crippen LogP contribution < -0.4 is 25.4 Å². The highest BCUT2D eigenvalue weighted by atomic mass is 16.5. The largest absolute Gasteiger partial charge is 0.497 e. The van der Waals surface area contributed by atoms with E-state index in [2.05, 4.69) is 44.3 Å². The van der Waals surface area contributed by atoms with E-state index in [1.54, 1.807) is 26.5 Å². The van der Waals surface area contributed by atoms with Crippen LogP contribution >= 0.6 is 0 Å². The van der Waals surface area contributed by atoms with Gasteiger partial charge < -0.3 is 25.0 Å². The van der Waals surface area contributed by atoms with Crippen LogP contribution in [-0.4, -0.2) is 65.3 Å². The third kappa shape index (κ3) is 7.96. The number of unbranched alkanes of at least 4 members (excludes halogenated alkanes) is 1. The first-order valence-electron chi connectivity index (χ1n) is 12.8. The third-order valence-electron chi connectivity index (χ3n) is 5.77. The summed E-state index contributed by atoms with van der Waals surface area (Å²) in [5.74, 6) is 2.09. The lowest BCUT2D eigenvalue weighted by molar-refractivity contribution is 0.243. The van der Waals surface area contributed by atoms with Gasteiger partial charge in [-0.1, -0.05) is 6.58 Å². The van der Waals surface area contributed by atoms with E-state index in [0.29, 0.717) is 34.5 Å². The quantitative estimate of drug-likeness (QED) is 0.276. The van der Waals surface area contributed by atoms with Gasteiger partial charge in [0.05, 0.1) is 14.2 Å². The number of fused-ring (bicyclic) bond motifs is 1. The van der Waals surface area contributed by atoms with E-state index in [9.17, 15) is 4.79 Å². The zero-order valence-electron chi connectivity index (χ0n) is 23.2. The SMILES string of the molecule is C=CN(CC)CCCCNc1ncc2cc(-c3cc(OC)cc(OC)c3)c(NC(=O)NC(C)(C)C)nc2n1. The van der Waals surface area contributed by atoms with Gasteiger partial charge in [-0.3, -0.25) is 5.32 Å². The molecule has 0 unspecified atom stereocenters. The molecule has 3 aromatic rings. The first kappa shape index (κ1) is 28.5. The highest BCUT2D eigenvalue weighted by Gasteiger charge is 2.18. The first-order chi connectivity index (χ1) is 18.1. The van der Waals surface area contributed by atoms with E-state index in [0.717, 1.165) is 43.4 Å². The third-order valence-corrected chi connectivity index (χ3v) is 5.77. The molecule has 0 fully saturated rings. The van der Waals surface area contributed by atoms with Gasteiger partial charge in [0.15, 0.2) is 5.65 Å². The molecule has 0 spiro atoms. The van der Waals surface area contributed by atoms with Crippen LogP contribution in [0.5, 0.6) is 11.5 Å². The summed E-state index contributed by atoms with van der Waals surface area (Å²) in [4.78, 5) is 28.8. The number of urea groups is 1. The second-order valence-corrected chi connectivity index (χ2v) is 9.87. The molecule has 3 N–H and O–H groups in total. The number of hydrogen-bond donors (Lipinski definition) is 3. The Balaban J connectivity index is 1.91. The smallest absolute Gasteiger partial charge is 0.320 e. The Labute approximate surface area is 224 Å². The number of carbonyl (C=O) groups excluding carboxylic acids is 1. The Morgan fingerprint density at radius 1 is 1.08 bits per heavy atom. The minimum atomic E-state index is -0.417. The summed E-state index contributed by atoms with van der Waals surface area (Å²) >= 11 is 0. The average molecular weight is 522 g/mol. The van der Waals surface area contributed by atoms with Crippen LogP contribution in [0.4, 0.5) is 16.6 Å². The van der Waals surface area contributed by atoms with Crippen molar-refractivity contribution in [1.29, 1.82) is 0 Å². The molecule has 0 saturated carbocycles. The minimum absolute atomic E-state index is 0.364. The predicted molar refractivity (Wildman–Crippen MR) is 153 cm³/mol. The first-order valence-corrected chi connectivity index (χ1v) is 12.8. The number of anilines is 2. The van der Waals surface area contributed by atoms with E-state index in [4.69, 9.17) is 14.5 Å². The summed E-state index contributed by atoms with van der Waals surface area (Å²) in [6, 6.07) is 7.05. The summed E-state index contributed by atoms with van der Waals surface area (Å²) in [7, 11) is 3.18. The van der Waals surface area contributed by atoms with Crippen molar-refractivity contribution in [3.63, 3.8) is 0 Å². The normalized spacial score (nSPS) is 11.1. The van der Waals surface area contributed by atoms with E-state index < -0.39 is 5.54 Å². The summed E-state index contributed by atoms with van der Waals surface area (Å²) < 4.78 is 10.9. The summed E-state index contributed by atoms with van der Waals surface area (Å²) in [5.41, 5.74) is 1.51. The van der Waals surface area contributed by atoms with Crippen LogP contribution in [-0.2, 0) is 0 Å². The molecular weight excluding hydrogens is 482 g/mol. The fourth-order valence-corrected chi connectivity index (χ4v) is 3.82. The van der Waals surface area contributed by atoms with Gasteiger partial charge in [-0.15, -0.1) is 0 Å². The number of hydrogen-bond acceptors (Lipinski definition) is 8. The van der Waals surface area contributed by atoms with Gasteiger partial charge in [-0.25, -0.2) is 14.8 Å². The maximum Gasteiger partial charge on any atom is 0.320 e. The number of nitrogens with zero attached hydrogens (tertiary/aromatic N) is 4.